The molecule has 0 heterocycles. The van der Waals surface area contributed by atoms with E-state index in [0.717, 1.165) is 6.29 Å². The molecule has 0 aromatic carbocycles. The summed E-state index contributed by atoms with van der Waals surface area (Å²) in [7, 11) is 0. The first kappa shape index (κ1) is 14.5. The first-order valence-corrected chi connectivity index (χ1v) is 6.19. The average Bonchev–Trinajstić information content (AvgIpc) is 2.23. The van der Waals surface area contributed by atoms with Gasteiger partial charge in [0.15, 0.2) is 0 Å². The molecular formula is C10H18O4S. The van der Waals surface area contributed by atoms with E-state index in [9.17, 15) is 9.59 Å². The number of aldehydes is 1. The second-order valence-corrected chi connectivity index (χ2v) is 4.19. The van der Waals surface area contributed by atoms with Crippen molar-refractivity contribution in [3.05, 3.63) is 0 Å². The maximum Gasteiger partial charge on any atom is 0.305 e. The van der Waals surface area contributed by atoms with Crippen molar-refractivity contribution in [1.29, 1.82) is 0 Å². The molecule has 1 N–H and O–H groups in total. The number of rotatable bonds is 9. The normalized spacial score (nSPS) is 12.1. The standard InChI is InChI=1S/C10H18O4S/c1-2-14-10(13)4-3-9(7-12)8-15-6-5-11/h7,9,11H,2-6,8H2,1H3. The molecule has 0 amide bonds. The molecular weight excluding hydrogens is 216 g/mol. The fraction of sp³-hybridized carbons (Fsp3) is 0.800. The van der Waals surface area contributed by atoms with E-state index < -0.39 is 0 Å². The lowest BCUT2D eigenvalue weighted by Crippen LogP contribution is -2.11. The second kappa shape index (κ2) is 9.98. The fourth-order valence-electron chi connectivity index (χ4n) is 1.03. The zero-order valence-electron chi connectivity index (χ0n) is 8.98. The van der Waals surface area contributed by atoms with Crippen LogP contribution >= 0.6 is 11.8 Å². The molecule has 15 heavy (non-hydrogen) atoms. The predicted molar refractivity (Wildman–Crippen MR) is 59.8 cm³/mol. The Kier molecular flexibility index (Phi) is 9.62. The molecule has 0 saturated carbocycles. The highest BCUT2D eigenvalue weighted by Gasteiger charge is 2.10. The highest BCUT2D eigenvalue weighted by Crippen LogP contribution is 2.12. The number of hydrogen-bond donors (Lipinski definition) is 1. The molecule has 0 aromatic rings. The van der Waals surface area contributed by atoms with Gasteiger partial charge in [-0.15, -0.1) is 0 Å². The van der Waals surface area contributed by atoms with Crippen LogP contribution in [0.5, 0.6) is 0 Å². The van der Waals surface area contributed by atoms with Gasteiger partial charge < -0.3 is 14.6 Å². The Morgan fingerprint density at radius 2 is 2.33 bits per heavy atom. The van der Waals surface area contributed by atoms with E-state index >= 15 is 0 Å². The van der Waals surface area contributed by atoms with Crippen LogP contribution in [0.25, 0.3) is 0 Å². The number of carbonyl (C=O) groups excluding carboxylic acids is 2. The Balaban J connectivity index is 3.60. The first-order chi connectivity index (χ1) is 7.24. The number of ether oxygens (including phenoxy) is 1. The molecule has 1 unspecified atom stereocenters. The molecule has 0 radical (unpaired) electrons. The summed E-state index contributed by atoms with van der Waals surface area (Å²) in [5.41, 5.74) is 0. The highest BCUT2D eigenvalue weighted by molar-refractivity contribution is 7.99. The van der Waals surface area contributed by atoms with Gasteiger partial charge in [0.25, 0.3) is 0 Å². The van der Waals surface area contributed by atoms with Gasteiger partial charge in [-0.2, -0.15) is 11.8 Å². The summed E-state index contributed by atoms with van der Waals surface area (Å²) in [6, 6.07) is 0. The molecule has 0 bridgehead atoms. The molecule has 0 fully saturated rings. The van der Waals surface area contributed by atoms with Crippen LogP contribution in [-0.4, -0.2) is 42.1 Å². The third kappa shape index (κ3) is 8.44. The van der Waals surface area contributed by atoms with Crippen LogP contribution in [0, 0.1) is 5.92 Å². The highest BCUT2D eigenvalue weighted by atomic mass is 32.2. The molecule has 1 atom stereocenters. The number of thioether (sulfide) groups is 1. The van der Waals surface area contributed by atoms with Crippen LogP contribution in [0.15, 0.2) is 0 Å². The predicted octanol–water partition coefficient (Wildman–Crippen LogP) is 0.870. The van der Waals surface area contributed by atoms with Gasteiger partial charge in [-0.25, -0.2) is 0 Å². The Bertz CT molecular complexity index is 184. The molecule has 0 rings (SSSR count). The Hall–Kier alpha value is -0.550. The topological polar surface area (TPSA) is 63.6 Å². The lowest BCUT2D eigenvalue weighted by molar-refractivity contribution is -0.143. The van der Waals surface area contributed by atoms with Gasteiger partial charge in [0.2, 0.25) is 0 Å². The SMILES string of the molecule is CCOC(=O)CCC(C=O)CSCCO. The van der Waals surface area contributed by atoms with E-state index in [2.05, 4.69) is 0 Å². The lowest BCUT2D eigenvalue weighted by atomic mass is 10.1. The van der Waals surface area contributed by atoms with Crippen molar-refractivity contribution in [2.24, 2.45) is 5.92 Å². The maximum absolute atomic E-state index is 11.0. The summed E-state index contributed by atoms with van der Waals surface area (Å²) in [6.45, 7) is 2.25. The minimum Gasteiger partial charge on any atom is -0.466 e. The van der Waals surface area contributed by atoms with Gasteiger partial charge in [-0.3, -0.25) is 4.79 Å². The zero-order chi connectivity index (χ0) is 11.5. The first-order valence-electron chi connectivity index (χ1n) is 5.04. The third-order valence-corrected chi connectivity index (χ3v) is 2.92. The molecule has 0 spiro atoms. The Labute approximate surface area is 94.4 Å². The third-order valence-electron chi connectivity index (χ3n) is 1.78. The maximum atomic E-state index is 11.0. The number of hydrogen-bond acceptors (Lipinski definition) is 5. The van der Waals surface area contributed by atoms with Gasteiger partial charge in [0, 0.05) is 23.8 Å². The minimum atomic E-state index is -0.253. The van der Waals surface area contributed by atoms with Crippen LogP contribution in [-0.2, 0) is 14.3 Å². The fourth-order valence-corrected chi connectivity index (χ4v) is 1.87. The largest absolute Gasteiger partial charge is 0.466 e. The zero-order valence-corrected chi connectivity index (χ0v) is 9.79. The van der Waals surface area contributed by atoms with Crippen LogP contribution in [0.1, 0.15) is 19.8 Å². The van der Waals surface area contributed by atoms with Crippen LogP contribution in [0.2, 0.25) is 0 Å². The molecule has 0 aliphatic carbocycles. The van der Waals surface area contributed by atoms with Crippen molar-refractivity contribution < 1.29 is 19.4 Å². The monoisotopic (exact) mass is 234 g/mol. The molecule has 4 nitrogen and oxygen atoms in total. The quantitative estimate of drug-likeness (QED) is 0.364. The van der Waals surface area contributed by atoms with Crippen molar-refractivity contribution in [2.75, 3.05) is 24.7 Å². The number of aliphatic hydroxyl groups excluding tert-OH is 1. The summed E-state index contributed by atoms with van der Waals surface area (Å²) >= 11 is 1.52. The van der Waals surface area contributed by atoms with E-state index in [-0.39, 0.29) is 24.9 Å². The number of aliphatic hydroxyl groups is 1. The van der Waals surface area contributed by atoms with E-state index in [1.54, 1.807) is 6.92 Å². The van der Waals surface area contributed by atoms with E-state index in [1.807, 2.05) is 0 Å². The van der Waals surface area contributed by atoms with Gasteiger partial charge in [0.05, 0.1) is 13.2 Å². The van der Waals surface area contributed by atoms with E-state index in [1.165, 1.54) is 11.8 Å². The van der Waals surface area contributed by atoms with Crippen molar-refractivity contribution in [1.82, 2.24) is 0 Å². The summed E-state index contributed by atoms with van der Waals surface area (Å²) in [5.74, 6) is 0.912. The van der Waals surface area contributed by atoms with Gasteiger partial charge in [-0.05, 0) is 13.3 Å². The summed E-state index contributed by atoms with van der Waals surface area (Å²) < 4.78 is 4.76. The van der Waals surface area contributed by atoms with Crippen LogP contribution in [0.3, 0.4) is 0 Å². The van der Waals surface area contributed by atoms with Crippen molar-refractivity contribution >= 4 is 24.0 Å². The summed E-state index contributed by atoms with van der Waals surface area (Å²) in [5, 5.41) is 8.56. The minimum absolute atomic E-state index is 0.119. The van der Waals surface area contributed by atoms with Crippen molar-refractivity contribution in [2.45, 2.75) is 19.8 Å². The lowest BCUT2D eigenvalue weighted by Gasteiger charge is -2.08. The smallest absolute Gasteiger partial charge is 0.305 e. The number of esters is 1. The molecule has 88 valence electrons. The van der Waals surface area contributed by atoms with Crippen LogP contribution < -0.4 is 0 Å². The summed E-state index contributed by atoms with van der Waals surface area (Å²) in [4.78, 5) is 21.7. The van der Waals surface area contributed by atoms with Crippen LogP contribution in [0.4, 0.5) is 0 Å². The molecule has 0 aliphatic rings. The summed E-state index contributed by atoms with van der Waals surface area (Å²) in [6.07, 6.45) is 1.68. The van der Waals surface area contributed by atoms with E-state index in [4.69, 9.17) is 9.84 Å². The van der Waals surface area contributed by atoms with Gasteiger partial charge in [-0.1, -0.05) is 0 Å². The molecule has 0 aromatic heterocycles. The molecule has 0 saturated heterocycles. The Morgan fingerprint density at radius 3 is 2.87 bits per heavy atom. The molecule has 5 heteroatoms. The van der Waals surface area contributed by atoms with Crippen molar-refractivity contribution in [3.8, 4) is 0 Å². The average molecular weight is 234 g/mol. The second-order valence-electron chi connectivity index (χ2n) is 3.04. The Morgan fingerprint density at radius 1 is 1.60 bits per heavy atom. The van der Waals surface area contributed by atoms with Gasteiger partial charge in [0.1, 0.15) is 6.29 Å². The van der Waals surface area contributed by atoms with E-state index in [0.29, 0.717) is 24.5 Å². The molecule has 0 aliphatic heterocycles. The number of carbonyl (C=O) groups is 2. The van der Waals surface area contributed by atoms with Gasteiger partial charge >= 0.3 is 5.97 Å². The van der Waals surface area contributed by atoms with Crippen molar-refractivity contribution in [3.63, 3.8) is 0 Å².